The fourth-order valence-electron chi connectivity index (χ4n) is 4.30. The zero-order valence-electron chi connectivity index (χ0n) is 19.8. The Hall–Kier alpha value is -2.36. The van der Waals surface area contributed by atoms with E-state index in [1.807, 2.05) is 37.3 Å². The molecule has 2 aliphatic rings. The Balaban J connectivity index is 1.66. The number of thioether (sulfide) groups is 1. The maximum Gasteiger partial charge on any atom is 0.246 e. The topological polar surface area (TPSA) is 78.0 Å². The highest BCUT2D eigenvalue weighted by molar-refractivity contribution is 8.00. The van der Waals surface area contributed by atoms with Crippen LogP contribution < -0.4 is 9.80 Å². The molecule has 1 fully saturated rings. The van der Waals surface area contributed by atoms with Gasteiger partial charge in [0.1, 0.15) is 6.54 Å². The summed E-state index contributed by atoms with van der Waals surface area (Å²) in [4.78, 5) is 30.2. The van der Waals surface area contributed by atoms with Crippen LogP contribution in [0, 0.1) is 5.92 Å². The van der Waals surface area contributed by atoms with Crippen molar-refractivity contribution in [2.45, 2.75) is 48.2 Å². The molecule has 0 aromatic heterocycles. The van der Waals surface area contributed by atoms with Crippen LogP contribution in [0.25, 0.3) is 0 Å². The predicted molar refractivity (Wildman–Crippen MR) is 136 cm³/mol. The first-order valence-corrected chi connectivity index (χ1v) is 13.9. The van der Waals surface area contributed by atoms with Crippen LogP contribution in [0.2, 0.25) is 0 Å². The summed E-state index contributed by atoms with van der Waals surface area (Å²) in [6.07, 6.45) is 1.94. The Bertz CT molecular complexity index is 1160. The fraction of sp³-hybridized carbons (Fsp3) is 0.440. The summed E-state index contributed by atoms with van der Waals surface area (Å²) >= 11 is 1.53. The lowest BCUT2D eigenvalue weighted by Gasteiger charge is -2.30. The van der Waals surface area contributed by atoms with E-state index in [2.05, 4.69) is 6.92 Å². The molecule has 0 N–H and O–H groups in total. The summed E-state index contributed by atoms with van der Waals surface area (Å²) in [5.74, 6) is 0.0790. The van der Waals surface area contributed by atoms with Crippen LogP contribution in [-0.4, -0.2) is 56.5 Å². The molecule has 2 aromatic carbocycles. The third-order valence-electron chi connectivity index (χ3n) is 6.50. The maximum absolute atomic E-state index is 13.4. The van der Waals surface area contributed by atoms with Crippen molar-refractivity contribution in [3.63, 3.8) is 0 Å². The molecule has 7 nitrogen and oxygen atoms in total. The predicted octanol–water partition coefficient (Wildman–Crippen LogP) is 3.99. The number of piperidine rings is 1. The zero-order valence-corrected chi connectivity index (χ0v) is 21.4. The van der Waals surface area contributed by atoms with E-state index in [1.165, 1.54) is 25.9 Å². The lowest BCUT2D eigenvalue weighted by Crippen LogP contribution is -2.42. The van der Waals surface area contributed by atoms with Crippen LogP contribution in [0.15, 0.2) is 58.3 Å². The summed E-state index contributed by atoms with van der Waals surface area (Å²) < 4.78 is 28.3. The Morgan fingerprint density at radius 2 is 1.76 bits per heavy atom. The summed E-state index contributed by atoms with van der Waals surface area (Å²) in [5.41, 5.74) is 1.22. The number of rotatable bonds is 5. The number of amides is 2. The smallest absolute Gasteiger partial charge is 0.246 e. The average molecular weight is 502 g/mol. The van der Waals surface area contributed by atoms with Gasteiger partial charge in [-0.15, -0.1) is 11.8 Å². The van der Waals surface area contributed by atoms with Crippen molar-refractivity contribution in [3.8, 4) is 0 Å². The Morgan fingerprint density at radius 3 is 2.44 bits per heavy atom. The van der Waals surface area contributed by atoms with Crippen molar-refractivity contribution in [2.24, 2.45) is 5.92 Å². The number of hydrogen-bond donors (Lipinski definition) is 0. The van der Waals surface area contributed by atoms with Gasteiger partial charge in [0.15, 0.2) is 0 Å². The van der Waals surface area contributed by atoms with E-state index < -0.39 is 10.0 Å². The number of fused-ring (bicyclic) bond motifs is 1. The SMILES string of the molecule is CC1CCN(S(=O)(=O)c2ccc3c(c2)N(CC(=O)N(C)c2ccccc2)C(=O)C[C@@H](C)S3)CC1. The minimum absolute atomic E-state index is 0.0178. The van der Waals surface area contributed by atoms with Gasteiger partial charge < -0.3 is 9.80 Å². The van der Waals surface area contributed by atoms with Gasteiger partial charge >= 0.3 is 0 Å². The highest BCUT2D eigenvalue weighted by Gasteiger charge is 2.33. The van der Waals surface area contributed by atoms with E-state index >= 15 is 0 Å². The number of carbonyl (C=O) groups excluding carboxylic acids is 2. The molecule has 2 aromatic rings. The second-order valence-electron chi connectivity index (χ2n) is 9.12. The normalized spacial score (nSPS) is 20.0. The molecule has 2 heterocycles. The van der Waals surface area contributed by atoms with Crippen LogP contribution in [0.5, 0.6) is 0 Å². The van der Waals surface area contributed by atoms with Crippen LogP contribution in [0.4, 0.5) is 11.4 Å². The summed E-state index contributed by atoms with van der Waals surface area (Å²) in [6, 6.07) is 14.2. The molecule has 34 heavy (non-hydrogen) atoms. The molecule has 4 rings (SSSR count). The van der Waals surface area contributed by atoms with Crippen LogP contribution in [0.3, 0.4) is 0 Å². The maximum atomic E-state index is 13.4. The molecule has 182 valence electrons. The standard InChI is InChI=1S/C25H31N3O4S2/c1-18-11-13-27(14-12-18)34(31,32)21-9-10-23-22(16-21)28(24(29)15-19(2)33-23)17-25(30)26(3)20-7-5-4-6-8-20/h4-10,16,18-19H,11-15,17H2,1-3H3/t19-/m1/s1. The number of para-hydroxylation sites is 1. The minimum atomic E-state index is -3.68. The Labute approximate surface area is 206 Å². The second kappa shape index (κ2) is 10.1. The highest BCUT2D eigenvalue weighted by atomic mass is 32.2. The Morgan fingerprint density at radius 1 is 1.09 bits per heavy atom. The minimum Gasteiger partial charge on any atom is -0.314 e. The molecule has 0 radical (unpaired) electrons. The third kappa shape index (κ3) is 5.16. The van der Waals surface area contributed by atoms with Crippen molar-refractivity contribution >= 4 is 45.0 Å². The van der Waals surface area contributed by atoms with E-state index in [4.69, 9.17) is 0 Å². The van der Waals surface area contributed by atoms with Crippen molar-refractivity contribution in [2.75, 3.05) is 36.5 Å². The van der Waals surface area contributed by atoms with Crippen molar-refractivity contribution in [3.05, 3.63) is 48.5 Å². The molecule has 1 atom stereocenters. The first kappa shape index (κ1) is 24.8. The molecule has 2 aliphatic heterocycles. The van der Waals surface area contributed by atoms with E-state index in [0.29, 0.717) is 24.7 Å². The lowest BCUT2D eigenvalue weighted by molar-refractivity contribution is -0.122. The van der Waals surface area contributed by atoms with E-state index in [9.17, 15) is 18.0 Å². The molecule has 0 spiro atoms. The molecule has 1 saturated heterocycles. The quantitative estimate of drug-likeness (QED) is 0.619. The van der Waals surface area contributed by atoms with Gasteiger partial charge in [0.2, 0.25) is 21.8 Å². The first-order chi connectivity index (χ1) is 16.2. The molecule has 9 heteroatoms. The third-order valence-corrected chi connectivity index (χ3v) is 9.57. The van der Waals surface area contributed by atoms with Crippen LogP contribution in [-0.2, 0) is 19.6 Å². The molecular formula is C25H31N3O4S2. The van der Waals surface area contributed by atoms with Gasteiger partial charge in [0.05, 0.1) is 10.6 Å². The van der Waals surface area contributed by atoms with Gasteiger partial charge in [-0.2, -0.15) is 4.31 Å². The van der Waals surface area contributed by atoms with Gasteiger partial charge in [-0.25, -0.2) is 8.42 Å². The van der Waals surface area contributed by atoms with E-state index in [-0.39, 0.29) is 34.9 Å². The average Bonchev–Trinajstić information content (AvgIpc) is 2.94. The molecule has 0 bridgehead atoms. The summed E-state index contributed by atoms with van der Waals surface area (Å²) in [7, 11) is -2.01. The number of likely N-dealkylation sites (N-methyl/N-ethyl adjacent to an activating group) is 1. The van der Waals surface area contributed by atoms with Crippen molar-refractivity contribution in [1.82, 2.24) is 4.31 Å². The van der Waals surface area contributed by atoms with Gasteiger partial charge in [-0.3, -0.25) is 9.59 Å². The largest absolute Gasteiger partial charge is 0.314 e. The number of carbonyl (C=O) groups is 2. The van der Waals surface area contributed by atoms with Crippen molar-refractivity contribution < 1.29 is 18.0 Å². The van der Waals surface area contributed by atoms with Gasteiger partial charge in [0, 0.05) is 42.4 Å². The highest BCUT2D eigenvalue weighted by Crippen LogP contribution is 2.40. The number of sulfonamides is 1. The van der Waals surface area contributed by atoms with Gasteiger partial charge in [-0.1, -0.05) is 32.0 Å². The van der Waals surface area contributed by atoms with Crippen LogP contribution >= 0.6 is 11.8 Å². The fourth-order valence-corrected chi connectivity index (χ4v) is 6.89. The summed E-state index contributed by atoms with van der Waals surface area (Å²) in [5, 5.41) is 0.0178. The molecule has 2 amide bonds. The second-order valence-corrected chi connectivity index (χ2v) is 12.5. The van der Waals surface area contributed by atoms with E-state index in [0.717, 1.165) is 23.4 Å². The van der Waals surface area contributed by atoms with Gasteiger partial charge in [-0.05, 0) is 49.1 Å². The van der Waals surface area contributed by atoms with Crippen molar-refractivity contribution in [1.29, 1.82) is 0 Å². The summed E-state index contributed by atoms with van der Waals surface area (Å²) in [6.45, 7) is 4.94. The monoisotopic (exact) mass is 501 g/mol. The number of hydrogen-bond acceptors (Lipinski definition) is 5. The number of benzene rings is 2. The molecule has 0 unspecified atom stereocenters. The first-order valence-electron chi connectivity index (χ1n) is 11.6. The molecule has 0 aliphatic carbocycles. The number of nitrogens with zero attached hydrogens (tertiary/aromatic N) is 3. The van der Waals surface area contributed by atoms with Gasteiger partial charge in [0.25, 0.3) is 0 Å². The molecule has 0 saturated carbocycles. The molecular weight excluding hydrogens is 470 g/mol. The Kier molecular flexibility index (Phi) is 7.35. The van der Waals surface area contributed by atoms with Crippen LogP contribution in [0.1, 0.15) is 33.1 Å². The van der Waals surface area contributed by atoms with E-state index in [1.54, 1.807) is 25.2 Å². The zero-order chi connectivity index (χ0) is 24.5. The number of anilines is 2. The lowest BCUT2D eigenvalue weighted by atomic mass is 10.0.